The SMILES string of the molecule is C=CC=Cn1cncn1. The van der Waals surface area contributed by atoms with Crippen LogP contribution in [-0.4, -0.2) is 14.8 Å². The molecule has 0 radical (unpaired) electrons. The van der Waals surface area contributed by atoms with Crippen molar-refractivity contribution in [2.75, 3.05) is 0 Å². The first kappa shape index (κ1) is 5.75. The van der Waals surface area contributed by atoms with E-state index in [-0.39, 0.29) is 0 Å². The molecule has 1 aromatic heterocycles. The Morgan fingerprint density at radius 2 is 2.44 bits per heavy atom. The third-order valence-electron chi connectivity index (χ3n) is 0.811. The van der Waals surface area contributed by atoms with Crippen LogP contribution < -0.4 is 0 Å². The predicted molar refractivity (Wildman–Crippen MR) is 35.5 cm³/mol. The Morgan fingerprint density at radius 1 is 1.56 bits per heavy atom. The molecular formula is C6H7N3. The van der Waals surface area contributed by atoms with Gasteiger partial charge in [0.15, 0.2) is 0 Å². The van der Waals surface area contributed by atoms with E-state index < -0.39 is 0 Å². The van der Waals surface area contributed by atoms with E-state index in [4.69, 9.17) is 0 Å². The van der Waals surface area contributed by atoms with Crippen LogP contribution in [0.25, 0.3) is 6.20 Å². The zero-order chi connectivity index (χ0) is 6.53. The molecule has 3 nitrogen and oxygen atoms in total. The van der Waals surface area contributed by atoms with Crippen LogP contribution in [0.1, 0.15) is 0 Å². The van der Waals surface area contributed by atoms with Gasteiger partial charge in [0.05, 0.1) is 0 Å². The molecule has 1 aromatic rings. The molecule has 0 spiro atoms. The largest absolute Gasteiger partial charge is 0.228 e. The summed E-state index contributed by atoms with van der Waals surface area (Å²) in [7, 11) is 0. The topological polar surface area (TPSA) is 30.7 Å². The van der Waals surface area contributed by atoms with Crippen molar-refractivity contribution in [2.45, 2.75) is 0 Å². The van der Waals surface area contributed by atoms with Gasteiger partial charge in [-0.15, -0.1) is 0 Å². The summed E-state index contributed by atoms with van der Waals surface area (Å²) in [6, 6.07) is 0. The maximum absolute atomic E-state index is 3.82. The molecule has 0 aliphatic carbocycles. The first-order chi connectivity index (χ1) is 4.43. The molecule has 3 heteroatoms. The van der Waals surface area contributed by atoms with E-state index in [9.17, 15) is 0 Å². The van der Waals surface area contributed by atoms with Crippen LogP contribution in [0.2, 0.25) is 0 Å². The fourth-order valence-electron chi connectivity index (χ4n) is 0.443. The summed E-state index contributed by atoms with van der Waals surface area (Å²) >= 11 is 0. The lowest BCUT2D eigenvalue weighted by molar-refractivity contribution is 0.934. The molecule has 0 unspecified atom stereocenters. The summed E-state index contributed by atoms with van der Waals surface area (Å²) < 4.78 is 1.60. The Hall–Kier alpha value is -1.38. The smallest absolute Gasteiger partial charge is 0.138 e. The standard InChI is InChI=1S/C6H7N3/c1-2-3-4-9-6-7-5-8-9/h2-6H,1H2. The van der Waals surface area contributed by atoms with Crippen LogP contribution in [0.15, 0.2) is 31.4 Å². The van der Waals surface area contributed by atoms with Crippen LogP contribution in [0.4, 0.5) is 0 Å². The maximum Gasteiger partial charge on any atom is 0.138 e. The summed E-state index contributed by atoms with van der Waals surface area (Å²) in [6.07, 6.45) is 8.32. The molecule has 0 bridgehead atoms. The molecule has 46 valence electrons. The number of hydrogen-bond acceptors (Lipinski definition) is 2. The number of rotatable bonds is 2. The summed E-state index contributed by atoms with van der Waals surface area (Å²) in [5.74, 6) is 0. The van der Waals surface area contributed by atoms with Gasteiger partial charge in [0, 0.05) is 6.20 Å². The van der Waals surface area contributed by atoms with Gasteiger partial charge in [-0.2, -0.15) is 5.10 Å². The molecule has 0 aliphatic rings. The van der Waals surface area contributed by atoms with Crippen molar-refractivity contribution in [3.05, 3.63) is 31.4 Å². The van der Waals surface area contributed by atoms with E-state index in [1.54, 1.807) is 29.4 Å². The average molecular weight is 121 g/mol. The predicted octanol–water partition coefficient (Wildman–Crippen LogP) is 0.935. The van der Waals surface area contributed by atoms with E-state index in [1.807, 2.05) is 0 Å². The Kier molecular flexibility index (Phi) is 1.80. The van der Waals surface area contributed by atoms with Gasteiger partial charge in [-0.25, -0.2) is 9.67 Å². The minimum absolute atomic E-state index is 1.48. The number of allylic oxidation sites excluding steroid dienone is 2. The molecule has 0 saturated carbocycles. The highest BCUT2D eigenvalue weighted by molar-refractivity contribution is 5.23. The van der Waals surface area contributed by atoms with Crippen molar-refractivity contribution >= 4 is 6.20 Å². The van der Waals surface area contributed by atoms with Crippen LogP contribution >= 0.6 is 0 Å². The van der Waals surface area contributed by atoms with Gasteiger partial charge in [-0.05, 0) is 6.08 Å². The molecule has 1 rings (SSSR count). The molecule has 0 aromatic carbocycles. The van der Waals surface area contributed by atoms with Gasteiger partial charge in [0.25, 0.3) is 0 Å². The summed E-state index contributed by atoms with van der Waals surface area (Å²) in [6.45, 7) is 3.51. The van der Waals surface area contributed by atoms with Crippen molar-refractivity contribution in [3.63, 3.8) is 0 Å². The molecule has 0 atom stereocenters. The fourth-order valence-corrected chi connectivity index (χ4v) is 0.443. The van der Waals surface area contributed by atoms with Crippen LogP contribution in [0.5, 0.6) is 0 Å². The quantitative estimate of drug-likeness (QED) is 0.545. The third-order valence-corrected chi connectivity index (χ3v) is 0.811. The monoisotopic (exact) mass is 121 g/mol. The number of hydrogen-bond donors (Lipinski definition) is 0. The fraction of sp³-hybridized carbons (Fsp3) is 0. The first-order valence-corrected chi connectivity index (χ1v) is 2.57. The van der Waals surface area contributed by atoms with Crippen LogP contribution in [0, 0.1) is 0 Å². The molecule has 0 amide bonds. The maximum atomic E-state index is 3.82. The van der Waals surface area contributed by atoms with Gasteiger partial charge in [0.1, 0.15) is 12.7 Å². The average Bonchev–Trinajstić information content (AvgIpc) is 2.34. The van der Waals surface area contributed by atoms with Gasteiger partial charge in [-0.1, -0.05) is 12.7 Å². The summed E-state index contributed by atoms with van der Waals surface area (Å²) in [4.78, 5) is 3.74. The van der Waals surface area contributed by atoms with E-state index >= 15 is 0 Å². The second-order valence-corrected chi connectivity index (χ2v) is 1.45. The molecule has 0 N–H and O–H groups in total. The van der Waals surface area contributed by atoms with Gasteiger partial charge < -0.3 is 0 Å². The lowest BCUT2D eigenvalue weighted by Gasteiger charge is -1.82. The van der Waals surface area contributed by atoms with Crippen molar-refractivity contribution in [3.8, 4) is 0 Å². The molecule has 0 aliphatic heterocycles. The highest BCUT2D eigenvalue weighted by Gasteiger charge is 1.77. The van der Waals surface area contributed by atoms with E-state index in [0.29, 0.717) is 0 Å². The zero-order valence-corrected chi connectivity index (χ0v) is 4.94. The lowest BCUT2D eigenvalue weighted by Crippen LogP contribution is -1.82. The Labute approximate surface area is 53.3 Å². The molecule has 0 saturated heterocycles. The zero-order valence-electron chi connectivity index (χ0n) is 4.94. The number of nitrogens with zero attached hydrogens (tertiary/aromatic N) is 3. The van der Waals surface area contributed by atoms with Crippen LogP contribution in [-0.2, 0) is 0 Å². The normalized spacial score (nSPS) is 10.2. The second-order valence-electron chi connectivity index (χ2n) is 1.45. The Morgan fingerprint density at radius 3 is 3.00 bits per heavy atom. The lowest BCUT2D eigenvalue weighted by atomic mass is 10.6. The Balaban J connectivity index is 2.67. The van der Waals surface area contributed by atoms with Crippen molar-refractivity contribution < 1.29 is 0 Å². The van der Waals surface area contributed by atoms with Crippen molar-refractivity contribution in [1.29, 1.82) is 0 Å². The van der Waals surface area contributed by atoms with Crippen molar-refractivity contribution in [2.24, 2.45) is 0 Å². The minimum Gasteiger partial charge on any atom is -0.228 e. The molecule has 9 heavy (non-hydrogen) atoms. The Bertz CT molecular complexity index is 198. The molecular weight excluding hydrogens is 114 g/mol. The summed E-state index contributed by atoms with van der Waals surface area (Å²) in [5.41, 5.74) is 0. The third kappa shape index (κ3) is 1.53. The number of aromatic nitrogens is 3. The van der Waals surface area contributed by atoms with Gasteiger partial charge >= 0.3 is 0 Å². The highest BCUT2D eigenvalue weighted by atomic mass is 15.3. The highest BCUT2D eigenvalue weighted by Crippen LogP contribution is 1.80. The van der Waals surface area contributed by atoms with Gasteiger partial charge in [-0.3, -0.25) is 0 Å². The van der Waals surface area contributed by atoms with Crippen molar-refractivity contribution in [1.82, 2.24) is 14.8 Å². The summed E-state index contributed by atoms with van der Waals surface area (Å²) in [5, 5.41) is 3.82. The second kappa shape index (κ2) is 2.81. The van der Waals surface area contributed by atoms with E-state index in [1.165, 1.54) is 6.33 Å². The molecule has 1 heterocycles. The minimum atomic E-state index is 1.48. The van der Waals surface area contributed by atoms with E-state index in [2.05, 4.69) is 16.7 Å². The van der Waals surface area contributed by atoms with E-state index in [0.717, 1.165) is 0 Å². The van der Waals surface area contributed by atoms with Gasteiger partial charge in [0.2, 0.25) is 0 Å². The molecule has 0 fully saturated rings. The first-order valence-electron chi connectivity index (χ1n) is 2.57. The van der Waals surface area contributed by atoms with Crippen LogP contribution in [0.3, 0.4) is 0 Å².